The average Bonchev–Trinajstić information content (AvgIpc) is 2.29. The first-order valence-electron chi connectivity index (χ1n) is 5.83. The summed E-state index contributed by atoms with van der Waals surface area (Å²) in [5, 5.41) is 10.5. The molecule has 0 heterocycles. The topological polar surface area (TPSA) is 60.2 Å². The maximum atomic E-state index is 11.9. The highest BCUT2D eigenvalue weighted by Gasteiger charge is 2.19. The van der Waals surface area contributed by atoms with Crippen molar-refractivity contribution in [1.29, 1.82) is 0 Å². The Morgan fingerprint density at radius 3 is 2.53 bits per heavy atom. The van der Waals surface area contributed by atoms with E-state index in [1.807, 2.05) is 13.0 Å². The molecule has 4 nitrogen and oxygen atoms in total. The summed E-state index contributed by atoms with van der Waals surface area (Å²) < 4.78 is 0. The number of nitrogens with zero attached hydrogens (tertiary/aromatic N) is 1. The summed E-state index contributed by atoms with van der Waals surface area (Å²) in [7, 11) is 0. The molecule has 1 rings (SSSR count). The van der Waals surface area contributed by atoms with Crippen LogP contribution in [-0.2, 0) is 0 Å². The molecule has 0 saturated carbocycles. The number of nitro groups is 1. The van der Waals surface area contributed by atoms with E-state index in [4.69, 9.17) is 0 Å². The molecule has 0 amide bonds. The predicted molar refractivity (Wildman–Crippen MR) is 65.6 cm³/mol. The SMILES string of the molecule is CCC[C@@H](CC(=O)c1ccccc1)C[N+](=O)[O-]. The zero-order valence-corrected chi connectivity index (χ0v) is 9.96. The third kappa shape index (κ3) is 4.76. The molecule has 0 aromatic heterocycles. The van der Waals surface area contributed by atoms with Crippen LogP contribution in [0.3, 0.4) is 0 Å². The maximum absolute atomic E-state index is 11.9. The van der Waals surface area contributed by atoms with E-state index in [1.54, 1.807) is 24.3 Å². The minimum Gasteiger partial charge on any atom is -0.294 e. The molecule has 0 radical (unpaired) electrons. The normalized spacial score (nSPS) is 12.1. The molecule has 1 aromatic carbocycles. The first-order chi connectivity index (χ1) is 8.13. The van der Waals surface area contributed by atoms with Crippen molar-refractivity contribution in [3.05, 3.63) is 46.0 Å². The molecule has 0 saturated heterocycles. The van der Waals surface area contributed by atoms with Crippen molar-refractivity contribution in [2.45, 2.75) is 26.2 Å². The van der Waals surface area contributed by atoms with E-state index in [2.05, 4.69) is 0 Å². The highest BCUT2D eigenvalue weighted by Crippen LogP contribution is 2.15. The Morgan fingerprint density at radius 2 is 2.00 bits per heavy atom. The highest BCUT2D eigenvalue weighted by atomic mass is 16.6. The van der Waals surface area contributed by atoms with Crippen LogP contribution in [0.5, 0.6) is 0 Å². The van der Waals surface area contributed by atoms with Gasteiger partial charge in [-0.15, -0.1) is 0 Å². The Labute approximate surface area is 101 Å². The van der Waals surface area contributed by atoms with Crippen LogP contribution in [0, 0.1) is 16.0 Å². The van der Waals surface area contributed by atoms with E-state index in [0.717, 1.165) is 12.8 Å². The van der Waals surface area contributed by atoms with Crippen molar-refractivity contribution in [2.75, 3.05) is 6.54 Å². The van der Waals surface area contributed by atoms with Gasteiger partial charge in [0.2, 0.25) is 6.54 Å². The lowest BCUT2D eigenvalue weighted by Gasteiger charge is -2.10. The van der Waals surface area contributed by atoms with Crippen molar-refractivity contribution >= 4 is 5.78 Å². The minimum absolute atomic E-state index is 0.00843. The molecular weight excluding hydrogens is 218 g/mol. The predicted octanol–water partition coefficient (Wildman–Crippen LogP) is 2.95. The Bertz CT molecular complexity index is 376. The average molecular weight is 235 g/mol. The number of ketones is 1. The second kappa shape index (κ2) is 6.78. The minimum atomic E-state index is -0.335. The number of carbonyl (C=O) groups is 1. The number of carbonyl (C=O) groups excluding carboxylic acids is 1. The Hall–Kier alpha value is -1.71. The molecule has 1 aromatic rings. The van der Waals surface area contributed by atoms with Gasteiger partial charge in [-0.3, -0.25) is 14.9 Å². The zero-order valence-electron chi connectivity index (χ0n) is 9.96. The summed E-state index contributed by atoms with van der Waals surface area (Å²) >= 11 is 0. The Balaban J connectivity index is 2.60. The second-order valence-corrected chi connectivity index (χ2v) is 4.16. The number of Topliss-reactive ketones (excluding diaryl/α,β-unsaturated/α-hetero) is 1. The number of benzene rings is 1. The lowest BCUT2D eigenvalue weighted by molar-refractivity contribution is -0.488. The zero-order chi connectivity index (χ0) is 12.7. The summed E-state index contributed by atoms with van der Waals surface area (Å²) in [5.74, 6) is -0.159. The Morgan fingerprint density at radius 1 is 1.35 bits per heavy atom. The first kappa shape index (κ1) is 13.4. The van der Waals surface area contributed by atoms with Gasteiger partial charge in [0.05, 0.1) is 0 Å². The van der Waals surface area contributed by atoms with E-state index in [0.29, 0.717) is 5.56 Å². The van der Waals surface area contributed by atoms with Crippen molar-refractivity contribution < 1.29 is 9.72 Å². The molecule has 4 heteroatoms. The summed E-state index contributed by atoms with van der Waals surface area (Å²) in [6.07, 6.45) is 1.85. The molecule has 0 aliphatic heterocycles. The van der Waals surface area contributed by atoms with E-state index in [1.165, 1.54) is 0 Å². The summed E-state index contributed by atoms with van der Waals surface area (Å²) in [4.78, 5) is 22.1. The monoisotopic (exact) mass is 235 g/mol. The van der Waals surface area contributed by atoms with E-state index in [-0.39, 0.29) is 29.6 Å². The molecular formula is C13H17NO3. The van der Waals surface area contributed by atoms with Crippen LogP contribution < -0.4 is 0 Å². The lowest BCUT2D eigenvalue weighted by atomic mass is 9.94. The smallest absolute Gasteiger partial charge is 0.207 e. The quantitative estimate of drug-likeness (QED) is 0.414. The molecule has 0 spiro atoms. The van der Waals surface area contributed by atoms with Gasteiger partial charge in [0.25, 0.3) is 0 Å². The van der Waals surface area contributed by atoms with Crippen LogP contribution in [0.1, 0.15) is 36.5 Å². The Kier molecular flexibility index (Phi) is 5.33. The molecule has 92 valence electrons. The standard InChI is InChI=1S/C13H17NO3/c1-2-6-11(10-14(16)17)9-13(15)12-7-4-3-5-8-12/h3-5,7-8,11H,2,6,9-10H2,1H3/t11-/m0/s1. The van der Waals surface area contributed by atoms with Gasteiger partial charge in [-0.2, -0.15) is 0 Å². The number of rotatable bonds is 7. The molecule has 0 aliphatic carbocycles. The summed E-state index contributed by atoms with van der Waals surface area (Å²) in [6, 6.07) is 8.94. The number of hydrogen-bond acceptors (Lipinski definition) is 3. The van der Waals surface area contributed by atoms with Crippen molar-refractivity contribution in [2.24, 2.45) is 5.92 Å². The van der Waals surface area contributed by atoms with Gasteiger partial charge in [0.1, 0.15) is 0 Å². The third-order valence-corrected chi connectivity index (χ3v) is 2.67. The van der Waals surface area contributed by atoms with E-state index in [9.17, 15) is 14.9 Å². The van der Waals surface area contributed by atoms with Crippen LogP contribution in [0.2, 0.25) is 0 Å². The van der Waals surface area contributed by atoms with Gasteiger partial charge in [-0.05, 0) is 6.42 Å². The molecule has 0 aliphatic rings. The van der Waals surface area contributed by atoms with Crippen LogP contribution in [0.25, 0.3) is 0 Å². The first-order valence-corrected chi connectivity index (χ1v) is 5.83. The van der Waals surface area contributed by atoms with Gasteiger partial charge >= 0.3 is 0 Å². The van der Waals surface area contributed by atoms with Crippen LogP contribution in [0.15, 0.2) is 30.3 Å². The summed E-state index contributed by atoms with van der Waals surface area (Å²) in [5.41, 5.74) is 0.636. The highest BCUT2D eigenvalue weighted by molar-refractivity contribution is 5.96. The molecule has 0 bridgehead atoms. The fourth-order valence-electron chi connectivity index (χ4n) is 1.88. The molecule has 1 atom stereocenters. The van der Waals surface area contributed by atoms with Gasteiger partial charge in [-0.25, -0.2) is 0 Å². The van der Waals surface area contributed by atoms with Gasteiger partial charge in [0, 0.05) is 22.8 Å². The van der Waals surface area contributed by atoms with Crippen molar-refractivity contribution in [1.82, 2.24) is 0 Å². The van der Waals surface area contributed by atoms with Gasteiger partial charge in [0.15, 0.2) is 5.78 Å². The van der Waals surface area contributed by atoms with E-state index >= 15 is 0 Å². The largest absolute Gasteiger partial charge is 0.294 e. The van der Waals surface area contributed by atoms with Crippen molar-refractivity contribution in [3.63, 3.8) is 0 Å². The molecule has 17 heavy (non-hydrogen) atoms. The second-order valence-electron chi connectivity index (χ2n) is 4.16. The van der Waals surface area contributed by atoms with E-state index < -0.39 is 0 Å². The molecule has 0 fully saturated rings. The fourth-order valence-corrected chi connectivity index (χ4v) is 1.88. The molecule has 0 unspecified atom stereocenters. The third-order valence-electron chi connectivity index (χ3n) is 2.67. The lowest BCUT2D eigenvalue weighted by Crippen LogP contribution is -2.18. The van der Waals surface area contributed by atoms with Gasteiger partial charge < -0.3 is 0 Å². The van der Waals surface area contributed by atoms with Crippen molar-refractivity contribution in [3.8, 4) is 0 Å². The fraction of sp³-hybridized carbons (Fsp3) is 0.462. The molecule has 0 N–H and O–H groups in total. The maximum Gasteiger partial charge on any atom is 0.207 e. The summed E-state index contributed by atoms with van der Waals surface area (Å²) in [6.45, 7) is 1.85. The van der Waals surface area contributed by atoms with Gasteiger partial charge in [-0.1, -0.05) is 43.7 Å². The van der Waals surface area contributed by atoms with Crippen LogP contribution >= 0.6 is 0 Å². The van der Waals surface area contributed by atoms with Crippen LogP contribution in [0.4, 0.5) is 0 Å². The van der Waals surface area contributed by atoms with Crippen LogP contribution in [-0.4, -0.2) is 17.3 Å². The number of hydrogen-bond donors (Lipinski definition) is 0.